The predicted octanol–water partition coefficient (Wildman–Crippen LogP) is 2.84. The van der Waals surface area contributed by atoms with E-state index in [1.807, 2.05) is 19.1 Å². The summed E-state index contributed by atoms with van der Waals surface area (Å²) in [5.41, 5.74) is 2.19. The summed E-state index contributed by atoms with van der Waals surface area (Å²) in [5, 5.41) is 2.99. The SMILES string of the molecule is Cc1ccc2c(c1)C(NC(=O)c1ccco1)CCO2. The number of ether oxygens (including phenoxy) is 1. The summed E-state index contributed by atoms with van der Waals surface area (Å²) >= 11 is 0. The summed E-state index contributed by atoms with van der Waals surface area (Å²) < 4.78 is 10.7. The summed E-state index contributed by atoms with van der Waals surface area (Å²) in [6.07, 6.45) is 2.26. The van der Waals surface area contributed by atoms with Crippen molar-refractivity contribution < 1.29 is 13.9 Å². The van der Waals surface area contributed by atoms with Crippen LogP contribution >= 0.6 is 0 Å². The fourth-order valence-electron chi connectivity index (χ4n) is 2.30. The second-order valence-electron chi connectivity index (χ2n) is 4.68. The molecule has 19 heavy (non-hydrogen) atoms. The Morgan fingerprint density at radius 3 is 3.05 bits per heavy atom. The Morgan fingerprint density at radius 1 is 1.37 bits per heavy atom. The van der Waals surface area contributed by atoms with Gasteiger partial charge in [-0.25, -0.2) is 0 Å². The van der Waals surface area contributed by atoms with Crippen molar-refractivity contribution in [2.45, 2.75) is 19.4 Å². The average Bonchev–Trinajstić information content (AvgIpc) is 2.93. The third-order valence-electron chi connectivity index (χ3n) is 3.26. The number of aryl methyl sites for hydroxylation is 1. The van der Waals surface area contributed by atoms with E-state index in [1.165, 1.54) is 6.26 Å². The monoisotopic (exact) mass is 257 g/mol. The maximum Gasteiger partial charge on any atom is 0.287 e. The van der Waals surface area contributed by atoms with E-state index < -0.39 is 0 Å². The van der Waals surface area contributed by atoms with Crippen LogP contribution in [-0.2, 0) is 0 Å². The maximum atomic E-state index is 12.0. The first-order chi connectivity index (χ1) is 9.24. The lowest BCUT2D eigenvalue weighted by Crippen LogP contribution is -2.32. The van der Waals surface area contributed by atoms with Gasteiger partial charge >= 0.3 is 0 Å². The van der Waals surface area contributed by atoms with Crippen LogP contribution in [0.2, 0.25) is 0 Å². The number of benzene rings is 1. The normalized spacial score (nSPS) is 17.4. The molecule has 1 aliphatic rings. The molecule has 0 saturated heterocycles. The number of amides is 1. The molecule has 1 aromatic carbocycles. The van der Waals surface area contributed by atoms with Crippen LogP contribution in [0.3, 0.4) is 0 Å². The minimum absolute atomic E-state index is 0.0266. The number of hydrogen-bond donors (Lipinski definition) is 1. The number of rotatable bonds is 2. The topological polar surface area (TPSA) is 51.5 Å². The van der Waals surface area contributed by atoms with Crippen molar-refractivity contribution in [3.63, 3.8) is 0 Å². The molecule has 98 valence electrons. The van der Waals surface area contributed by atoms with Gasteiger partial charge < -0.3 is 14.5 Å². The molecule has 1 N–H and O–H groups in total. The Bertz CT molecular complexity index is 589. The average molecular weight is 257 g/mol. The summed E-state index contributed by atoms with van der Waals surface area (Å²) in [6, 6.07) is 9.36. The highest BCUT2D eigenvalue weighted by Gasteiger charge is 2.24. The molecule has 1 aromatic heterocycles. The van der Waals surface area contributed by atoms with Crippen LogP contribution in [0.1, 0.15) is 34.1 Å². The van der Waals surface area contributed by atoms with E-state index in [0.29, 0.717) is 12.4 Å². The Hall–Kier alpha value is -2.23. The first-order valence-electron chi connectivity index (χ1n) is 6.32. The zero-order valence-corrected chi connectivity index (χ0v) is 10.7. The minimum Gasteiger partial charge on any atom is -0.493 e. The first-order valence-corrected chi connectivity index (χ1v) is 6.32. The van der Waals surface area contributed by atoms with Crippen LogP contribution in [0, 0.1) is 6.92 Å². The molecular formula is C15H15NO3. The van der Waals surface area contributed by atoms with Crippen LogP contribution in [0.4, 0.5) is 0 Å². The molecule has 0 bridgehead atoms. The second-order valence-corrected chi connectivity index (χ2v) is 4.68. The molecule has 0 aliphatic carbocycles. The molecule has 1 atom stereocenters. The fraction of sp³-hybridized carbons (Fsp3) is 0.267. The van der Waals surface area contributed by atoms with E-state index in [9.17, 15) is 4.79 Å². The van der Waals surface area contributed by atoms with Gasteiger partial charge in [-0.05, 0) is 25.1 Å². The standard InChI is InChI=1S/C15H15NO3/c1-10-4-5-13-11(9-10)12(6-8-19-13)16-15(17)14-3-2-7-18-14/h2-5,7,9,12H,6,8H2,1H3,(H,16,17). The highest BCUT2D eigenvalue weighted by molar-refractivity contribution is 5.91. The van der Waals surface area contributed by atoms with E-state index in [4.69, 9.17) is 9.15 Å². The number of fused-ring (bicyclic) bond motifs is 1. The van der Waals surface area contributed by atoms with Crippen LogP contribution in [0.25, 0.3) is 0 Å². The van der Waals surface area contributed by atoms with Crippen LogP contribution in [0.15, 0.2) is 41.0 Å². The van der Waals surface area contributed by atoms with Gasteiger partial charge in [0.15, 0.2) is 5.76 Å². The van der Waals surface area contributed by atoms with Gasteiger partial charge in [0.25, 0.3) is 5.91 Å². The van der Waals surface area contributed by atoms with Crippen molar-refractivity contribution in [1.29, 1.82) is 0 Å². The summed E-state index contributed by atoms with van der Waals surface area (Å²) in [7, 11) is 0. The van der Waals surface area contributed by atoms with Crippen molar-refractivity contribution in [2.24, 2.45) is 0 Å². The number of carbonyl (C=O) groups is 1. The van der Waals surface area contributed by atoms with Gasteiger partial charge in [-0.15, -0.1) is 0 Å². The van der Waals surface area contributed by atoms with E-state index in [-0.39, 0.29) is 11.9 Å². The molecule has 2 heterocycles. The number of nitrogens with one attached hydrogen (secondary N) is 1. The fourth-order valence-corrected chi connectivity index (χ4v) is 2.30. The van der Waals surface area contributed by atoms with E-state index >= 15 is 0 Å². The number of hydrogen-bond acceptors (Lipinski definition) is 3. The summed E-state index contributed by atoms with van der Waals surface area (Å²) in [5.74, 6) is 0.992. The lowest BCUT2D eigenvalue weighted by molar-refractivity contribution is 0.0896. The van der Waals surface area contributed by atoms with E-state index in [1.54, 1.807) is 12.1 Å². The Morgan fingerprint density at radius 2 is 2.26 bits per heavy atom. The van der Waals surface area contributed by atoms with Crippen molar-refractivity contribution in [3.8, 4) is 5.75 Å². The van der Waals surface area contributed by atoms with E-state index in [2.05, 4.69) is 11.4 Å². The lowest BCUT2D eigenvalue weighted by Gasteiger charge is -2.26. The Labute approximate surface area is 111 Å². The van der Waals surface area contributed by atoms with E-state index in [0.717, 1.165) is 23.3 Å². The molecule has 3 rings (SSSR count). The van der Waals surface area contributed by atoms with Crippen LogP contribution < -0.4 is 10.1 Å². The van der Waals surface area contributed by atoms with Gasteiger partial charge in [0, 0.05) is 12.0 Å². The lowest BCUT2D eigenvalue weighted by atomic mass is 9.98. The minimum atomic E-state index is -0.190. The molecule has 0 spiro atoms. The van der Waals surface area contributed by atoms with Gasteiger partial charge in [0.05, 0.1) is 18.9 Å². The molecule has 2 aromatic rings. The Balaban J connectivity index is 1.84. The van der Waals surface area contributed by atoms with Crippen molar-refractivity contribution in [1.82, 2.24) is 5.32 Å². The van der Waals surface area contributed by atoms with Crippen molar-refractivity contribution in [3.05, 3.63) is 53.5 Å². The molecule has 0 radical (unpaired) electrons. The molecule has 0 fully saturated rings. The zero-order chi connectivity index (χ0) is 13.2. The van der Waals surface area contributed by atoms with Gasteiger partial charge in [-0.3, -0.25) is 4.79 Å². The van der Waals surface area contributed by atoms with Gasteiger partial charge in [-0.2, -0.15) is 0 Å². The van der Waals surface area contributed by atoms with Crippen LogP contribution in [-0.4, -0.2) is 12.5 Å². The maximum absolute atomic E-state index is 12.0. The molecule has 4 heteroatoms. The first kappa shape index (κ1) is 11.8. The van der Waals surface area contributed by atoms with Gasteiger partial charge in [0.1, 0.15) is 5.75 Å². The summed E-state index contributed by atoms with van der Waals surface area (Å²) in [4.78, 5) is 12.0. The largest absolute Gasteiger partial charge is 0.493 e. The smallest absolute Gasteiger partial charge is 0.287 e. The second kappa shape index (κ2) is 4.80. The number of furan rings is 1. The van der Waals surface area contributed by atoms with Gasteiger partial charge in [-0.1, -0.05) is 17.7 Å². The number of carbonyl (C=O) groups excluding carboxylic acids is 1. The Kier molecular flexibility index (Phi) is 2.99. The van der Waals surface area contributed by atoms with Crippen molar-refractivity contribution in [2.75, 3.05) is 6.61 Å². The van der Waals surface area contributed by atoms with Gasteiger partial charge in [0.2, 0.25) is 0 Å². The zero-order valence-electron chi connectivity index (χ0n) is 10.7. The quantitative estimate of drug-likeness (QED) is 0.900. The molecule has 1 amide bonds. The molecule has 1 aliphatic heterocycles. The third kappa shape index (κ3) is 2.34. The van der Waals surface area contributed by atoms with Crippen LogP contribution in [0.5, 0.6) is 5.75 Å². The molecular weight excluding hydrogens is 242 g/mol. The highest BCUT2D eigenvalue weighted by atomic mass is 16.5. The third-order valence-corrected chi connectivity index (χ3v) is 3.26. The summed E-state index contributed by atoms with van der Waals surface area (Å²) in [6.45, 7) is 2.64. The van der Waals surface area contributed by atoms with Crippen molar-refractivity contribution >= 4 is 5.91 Å². The highest BCUT2D eigenvalue weighted by Crippen LogP contribution is 2.32. The molecule has 4 nitrogen and oxygen atoms in total. The predicted molar refractivity (Wildman–Crippen MR) is 70.2 cm³/mol. The molecule has 0 saturated carbocycles. The molecule has 1 unspecified atom stereocenters.